The van der Waals surface area contributed by atoms with E-state index in [9.17, 15) is 14.4 Å². The average Bonchev–Trinajstić information content (AvgIpc) is 2.59. The predicted octanol–water partition coefficient (Wildman–Crippen LogP) is 1.71. The lowest BCUT2D eigenvalue weighted by atomic mass is 9.96. The number of ketones is 2. The average molecular weight is 254 g/mol. The molecule has 0 aromatic heterocycles. The molecule has 0 saturated heterocycles. The number of methoxy groups -OCH3 is 1. The first kappa shape index (κ1) is 14.4. The number of rotatable bonds is 7. The van der Waals surface area contributed by atoms with E-state index in [2.05, 4.69) is 4.74 Å². The van der Waals surface area contributed by atoms with Crippen molar-refractivity contribution in [2.24, 2.45) is 5.92 Å². The van der Waals surface area contributed by atoms with Crippen molar-refractivity contribution in [1.82, 2.24) is 0 Å². The van der Waals surface area contributed by atoms with Crippen molar-refractivity contribution >= 4 is 17.5 Å². The molecule has 5 nitrogen and oxygen atoms in total. The third kappa shape index (κ3) is 3.98. The van der Waals surface area contributed by atoms with Gasteiger partial charge < -0.3 is 9.84 Å². The fraction of sp³-hybridized carbons (Fsp3) is 0.615. The molecule has 0 fully saturated rings. The molecule has 0 amide bonds. The molecule has 1 aliphatic carbocycles. The highest BCUT2D eigenvalue weighted by Crippen LogP contribution is 2.22. The van der Waals surface area contributed by atoms with Crippen molar-refractivity contribution in [2.45, 2.75) is 38.5 Å². The van der Waals surface area contributed by atoms with Gasteiger partial charge in [0, 0.05) is 12.5 Å². The SMILES string of the molecule is COC(=O)CCCCCCC1C(=O)C=C(O)C1=O. The molecular weight excluding hydrogens is 236 g/mol. The Kier molecular flexibility index (Phi) is 5.55. The van der Waals surface area contributed by atoms with Crippen LogP contribution in [-0.2, 0) is 19.1 Å². The van der Waals surface area contributed by atoms with Gasteiger partial charge in [-0.05, 0) is 12.8 Å². The molecule has 1 atom stereocenters. The Morgan fingerprint density at radius 3 is 2.50 bits per heavy atom. The molecule has 0 bridgehead atoms. The molecule has 0 radical (unpaired) electrons. The summed E-state index contributed by atoms with van der Waals surface area (Å²) >= 11 is 0. The molecule has 0 heterocycles. The molecule has 1 unspecified atom stereocenters. The van der Waals surface area contributed by atoms with Crippen LogP contribution in [0.1, 0.15) is 38.5 Å². The highest BCUT2D eigenvalue weighted by Gasteiger charge is 2.33. The number of carbonyl (C=O) groups excluding carboxylic acids is 3. The maximum atomic E-state index is 11.4. The van der Waals surface area contributed by atoms with Gasteiger partial charge in [0.15, 0.2) is 11.5 Å². The maximum Gasteiger partial charge on any atom is 0.305 e. The third-order valence-electron chi connectivity index (χ3n) is 3.04. The largest absolute Gasteiger partial charge is 0.504 e. The van der Waals surface area contributed by atoms with Crippen LogP contribution in [0.15, 0.2) is 11.8 Å². The third-order valence-corrected chi connectivity index (χ3v) is 3.04. The highest BCUT2D eigenvalue weighted by molar-refractivity contribution is 6.20. The van der Waals surface area contributed by atoms with Gasteiger partial charge in [0.05, 0.1) is 13.0 Å². The highest BCUT2D eigenvalue weighted by atomic mass is 16.5. The van der Waals surface area contributed by atoms with Gasteiger partial charge in [0.1, 0.15) is 0 Å². The second-order valence-corrected chi connectivity index (χ2v) is 4.38. The van der Waals surface area contributed by atoms with E-state index in [1.54, 1.807) is 0 Å². The summed E-state index contributed by atoms with van der Waals surface area (Å²) < 4.78 is 4.52. The van der Waals surface area contributed by atoms with E-state index in [1.807, 2.05) is 0 Å². The van der Waals surface area contributed by atoms with Crippen LogP contribution in [0.25, 0.3) is 0 Å². The Morgan fingerprint density at radius 1 is 1.28 bits per heavy atom. The Balaban J connectivity index is 2.11. The van der Waals surface area contributed by atoms with E-state index in [4.69, 9.17) is 5.11 Å². The van der Waals surface area contributed by atoms with Gasteiger partial charge >= 0.3 is 5.97 Å². The fourth-order valence-corrected chi connectivity index (χ4v) is 1.96. The van der Waals surface area contributed by atoms with Gasteiger partial charge in [0.25, 0.3) is 0 Å². The zero-order valence-corrected chi connectivity index (χ0v) is 10.5. The number of carbonyl (C=O) groups is 3. The molecule has 1 aliphatic rings. The molecular formula is C13H18O5. The van der Waals surface area contributed by atoms with Gasteiger partial charge in [-0.25, -0.2) is 0 Å². The first-order valence-corrected chi connectivity index (χ1v) is 6.11. The van der Waals surface area contributed by atoms with Crippen LogP contribution in [-0.4, -0.2) is 29.8 Å². The molecule has 0 spiro atoms. The van der Waals surface area contributed by atoms with Gasteiger partial charge in [-0.3, -0.25) is 14.4 Å². The summed E-state index contributed by atoms with van der Waals surface area (Å²) in [5.74, 6) is -2.09. The summed E-state index contributed by atoms with van der Waals surface area (Å²) in [4.78, 5) is 33.5. The standard InChI is InChI=1S/C13H18O5/c1-18-12(16)7-5-3-2-4-6-9-10(14)8-11(15)13(9)17/h8-9,15H,2-7H2,1H3. The lowest BCUT2D eigenvalue weighted by Crippen LogP contribution is -2.16. The molecule has 0 saturated carbocycles. The summed E-state index contributed by atoms with van der Waals surface area (Å²) in [6, 6.07) is 0. The molecule has 5 heteroatoms. The van der Waals surface area contributed by atoms with Crippen LogP contribution >= 0.6 is 0 Å². The normalized spacial score (nSPS) is 18.9. The summed E-state index contributed by atoms with van der Waals surface area (Å²) in [5, 5.41) is 9.11. The Bertz CT molecular complexity index is 370. The number of ether oxygens (including phenoxy) is 1. The molecule has 100 valence electrons. The smallest absolute Gasteiger partial charge is 0.305 e. The number of unbranched alkanes of at least 4 members (excludes halogenated alkanes) is 3. The summed E-state index contributed by atoms with van der Waals surface area (Å²) in [5.41, 5.74) is 0. The van der Waals surface area contributed by atoms with Gasteiger partial charge in [-0.15, -0.1) is 0 Å². The minimum Gasteiger partial charge on any atom is -0.504 e. The number of hydrogen-bond acceptors (Lipinski definition) is 5. The van der Waals surface area contributed by atoms with Crippen molar-refractivity contribution < 1.29 is 24.2 Å². The van der Waals surface area contributed by atoms with E-state index >= 15 is 0 Å². The van der Waals surface area contributed by atoms with Gasteiger partial charge in [-0.2, -0.15) is 0 Å². The maximum absolute atomic E-state index is 11.4. The number of esters is 1. The lowest BCUT2D eigenvalue weighted by molar-refractivity contribution is -0.140. The second-order valence-electron chi connectivity index (χ2n) is 4.38. The first-order valence-electron chi connectivity index (χ1n) is 6.11. The fourth-order valence-electron chi connectivity index (χ4n) is 1.96. The quantitative estimate of drug-likeness (QED) is 0.425. The molecule has 18 heavy (non-hydrogen) atoms. The molecule has 0 aromatic rings. The van der Waals surface area contributed by atoms with Gasteiger partial charge in [-0.1, -0.05) is 19.3 Å². The number of aliphatic hydroxyl groups is 1. The van der Waals surface area contributed by atoms with Crippen molar-refractivity contribution in [3.8, 4) is 0 Å². The molecule has 1 N–H and O–H groups in total. The van der Waals surface area contributed by atoms with Crippen LogP contribution in [0, 0.1) is 5.92 Å². The summed E-state index contributed by atoms with van der Waals surface area (Å²) in [6.45, 7) is 0. The lowest BCUT2D eigenvalue weighted by Gasteiger charge is -2.06. The van der Waals surface area contributed by atoms with Crippen molar-refractivity contribution in [3.63, 3.8) is 0 Å². The van der Waals surface area contributed by atoms with E-state index in [0.29, 0.717) is 12.8 Å². The van der Waals surface area contributed by atoms with E-state index in [-0.39, 0.29) is 11.8 Å². The molecule has 1 rings (SSSR count). The predicted molar refractivity (Wildman–Crippen MR) is 63.9 cm³/mol. The summed E-state index contributed by atoms with van der Waals surface area (Å²) in [6.07, 6.45) is 5.09. The van der Waals surface area contributed by atoms with E-state index in [0.717, 1.165) is 31.8 Å². The van der Waals surface area contributed by atoms with Crippen LogP contribution in [0.4, 0.5) is 0 Å². The number of Topliss-reactive ketones (excluding diaryl/α,β-unsaturated/α-hetero) is 1. The van der Waals surface area contributed by atoms with Crippen molar-refractivity contribution in [1.29, 1.82) is 0 Å². The zero-order chi connectivity index (χ0) is 13.5. The first-order chi connectivity index (χ1) is 8.56. The van der Waals surface area contributed by atoms with Gasteiger partial charge in [0.2, 0.25) is 5.78 Å². The Labute approximate surface area is 106 Å². The van der Waals surface area contributed by atoms with Crippen molar-refractivity contribution in [2.75, 3.05) is 7.11 Å². The number of allylic oxidation sites excluding steroid dienone is 2. The number of hydrogen-bond donors (Lipinski definition) is 1. The van der Waals surface area contributed by atoms with E-state index < -0.39 is 17.5 Å². The number of aliphatic hydroxyl groups excluding tert-OH is 1. The Hall–Kier alpha value is -1.65. The van der Waals surface area contributed by atoms with Crippen molar-refractivity contribution in [3.05, 3.63) is 11.8 Å². The van der Waals surface area contributed by atoms with Crippen LogP contribution in [0.5, 0.6) is 0 Å². The summed E-state index contributed by atoms with van der Waals surface area (Å²) in [7, 11) is 1.36. The Morgan fingerprint density at radius 2 is 1.94 bits per heavy atom. The van der Waals surface area contributed by atoms with Crippen LogP contribution in [0.2, 0.25) is 0 Å². The molecule has 0 aliphatic heterocycles. The molecule has 0 aromatic carbocycles. The monoisotopic (exact) mass is 254 g/mol. The van der Waals surface area contributed by atoms with E-state index in [1.165, 1.54) is 7.11 Å². The zero-order valence-electron chi connectivity index (χ0n) is 10.5. The minimum atomic E-state index is -0.689. The second kappa shape index (κ2) is 6.93. The van der Waals surface area contributed by atoms with Crippen LogP contribution in [0.3, 0.4) is 0 Å². The minimum absolute atomic E-state index is 0.217. The topological polar surface area (TPSA) is 80.7 Å². The van der Waals surface area contributed by atoms with Crippen LogP contribution < -0.4 is 0 Å².